The van der Waals surface area contributed by atoms with Crippen molar-refractivity contribution in [1.29, 1.82) is 0 Å². The number of thioether (sulfide) groups is 1. The third-order valence-electron chi connectivity index (χ3n) is 6.14. The second-order valence-electron chi connectivity index (χ2n) is 8.43. The Bertz CT molecular complexity index is 951. The molecule has 1 atom stereocenters. The molecule has 1 N–H and O–H groups in total. The number of para-hydroxylation sites is 1. The van der Waals surface area contributed by atoms with Gasteiger partial charge in [-0.05, 0) is 38.3 Å². The highest BCUT2D eigenvalue weighted by molar-refractivity contribution is 8.00. The Labute approximate surface area is 187 Å². The van der Waals surface area contributed by atoms with Crippen LogP contribution in [0.15, 0.2) is 34.2 Å². The molecule has 0 spiro atoms. The number of rotatable bonds is 8. The van der Waals surface area contributed by atoms with Crippen molar-refractivity contribution >= 4 is 28.6 Å². The number of morpholine rings is 1. The Morgan fingerprint density at radius 1 is 1.23 bits per heavy atom. The van der Waals surface area contributed by atoms with E-state index in [0.717, 1.165) is 52.1 Å². The molecule has 2 aliphatic rings. The molecule has 4 rings (SSSR count). The van der Waals surface area contributed by atoms with Gasteiger partial charge in [-0.2, -0.15) is 0 Å². The molecule has 8 heteroatoms. The minimum atomic E-state index is -0.306. The fourth-order valence-electron chi connectivity index (χ4n) is 4.31. The van der Waals surface area contributed by atoms with E-state index >= 15 is 0 Å². The standard InChI is InChI=1S/C23H32N4O3S/c1-17(21(28)24-18-7-2-3-8-18)31-23-25-20-10-5-4-9-19(20)22(29)27(23)12-6-11-26-13-15-30-16-14-26/h4-5,9-10,17-18H,2-3,6-8,11-16H2,1H3,(H,24,28)/t17-/m1/s1. The predicted octanol–water partition coefficient (Wildman–Crippen LogP) is 2.66. The fourth-order valence-corrected chi connectivity index (χ4v) is 5.26. The number of aromatic nitrogens is 2. The van der Waals surface area contributed by atoms with Crippen LogP contribution in [-0.4, -0.2) is 64.5 Å². The first kappa shape index (κ1) is 22.3. The average Bonchev–Trinajstić information content (AvgIpc) is 3.29. The van der Waals surface area contributed by atoms with Crippen molar-refractivity contribution < 1.29 is 9.53 Å². The van der Waals surface area contributed by atoms with Crippen LogP contribution in [0.4, 0.5) is 0 Å². The summed E-state index contributed by atoms with van der Waals surface area (Å²) in [4.78, 5) is 33.1. The van der Waals surface area contributed by atoms with Gasteiger partial charge >= 0.3 is 0 Å². The van der Waals surface area contributed by atoms with Crippen LogP contribution >= 0.6 is 11.8 Å². The lowest BCUT2D eigenvalue weighted by molar-refractivity contribution is -0.120. The van der Waals surface area contributed by atoms with E-state index in [-0.39, 0.29) is 22.8 Å². The highest BCUT2D eigenvalue weighted by Gasteiger charge is 2.23. The van der Waals surface area contributed by atoms with E-state index in [1.165, 1.54) is 24.6 Å². The average molecular weight is 445 g/mol. The summed E-state index contributed by atoms with van der Waals surface area (Å²) in [6, 6.07) is 7.74. The molecular weight excluding hydrogens is 412 g/mol. The molecule has 0 radical (unpaired) electrons. The molecule has 1 aromatic heterocycles. The molecule has 1 aliphatic heterocycles. The Hall–Kier alpha value is -1.90. The minimum absolute atomic E-state index is 0.0270. The molecule has 0 unspecified atom stereocenters. The maximum absolute atomic E-state index is 13.2. The summed E-state index contributed by atoms with van der Waals surface area (Å²) in [6.07, 6.45) is 5.34. The van der Waals surface area contributed by atoms with Crippen LogP contribution in [0.3, 0.4) is 0 Å². The number of nitrogens with one attached hydrogen (secondary N) is 1. The lowest BCUT2D eigenvalue weighted by Crippen LogP contribution is -2.38. The monoisotopic (exact) mass is 444 g/mol. The molecule has 1 saturated carbocycles. The SMILES string of the molecule is C[C@@H](Sc1nc2ccccc2c(=O)n1CCCN1CCOCC1)C(=O)NC1CCCC1. The van der Waals surface area contributed by atoms with Crippen LogP contribution in [0.1, 0.15) is 39.0 Å². The van der Waals surface area contributed by atoms with Crippen LogP contribution in [0, 0.1) is 0 Å². The molecule has 2 aromatic rings. The highest BCUT2D eigenvalue weighted by Crippen LogP contribution is 2.24. The third-order valence-corrected chi connectivity index (χ3v) is 7.23. The van der Waals surface area contributed by atoms with Crippen molar-refractivity contribution in [2.75, 3.05) is 32.8 Å². The van der Waals surface area contributed by atoms with E-state index in [9.17, 15) is 9.59 Å². The molecule has 1 saturated heterocycles. The summed E-state index contributed by atoms with van der Waals surface area (Å²) < 4.78 is 7.17. The van der Waals surface area contributed by atoms with Gasteiger partial charge in [-0.1, -0.05) is 36.7 Å². The zero-order valence-corrected chi connectivity index (χ0v) is 19.0. The number of hydrogen-bond donors (Lipinski definition) is 1. The first-order valence-electron chi connectivity index (χ1n) is 11.4. The fraction of sp³-hybridized carbons (Fsp3) is 0.609. The molecule has 1 amide bonds. The summed E-state index contributed by atoms with van der Waals surface area (Å²) in [7, 11) is 0. The molecule has 0 bridgehead atoms. The maximum atomic E-state index is 13.2. The van der Waals surface area contributed by atoms with Gasteiger partial charge in [0.05, 0.1) is 29.4 Å². The van der Waals surface area contributed by atoms with Crippen molar-refractivity contribution in [2.45, 2.75) is 62.0 Å². The molecule has 2 heterocycles. The Morgan fingerprint density at radius 2 is 1.97 bits per heavy atom. The third kappa shape index (κ3) is 5.67. The predicted molar refractivity (Wildman–Crippen MR) is 124 cm³/mol. The first-order chi connectivity index (χ1) is 15.1. The number of fused-ring (bicyclic) bond motifs is 1. The zero-order chi connectivity index (χ0) is 21.6. The number of amides is 1. The normalized spacial score (nSPS) is 19.0. The number of ether oxygens (including phenoxy) is 1. The largest absolute Gasteiger partial charge is 0.379 e. The summed E-state index contributed by atoms with van der Waals surface area (Å²) >= 11 is 1.38. The lowest BCUT2D eigenvalue weighted by atomic mass is 10.2. The van der Waals surface area contributed by atoms with Crippen molar-refractivity contribution in [2.24, 2.45) is 0 Å². The molecular formula is C23H32N4O3S. The van der Waals surface area contributed by atoms with Crippen molar-refractivity contribution in [1.82, 2.24) is 19.8 Å². The van der Waals surface area contributed by atoms with Crippen LogP contribution in [0.2, 0.25) is 0 Å². The zero-order valence-electron chi connectivity index (χ0n) is 18.2. The number of hydrogen-bond acceptors (Lipinski definition) is 6. The number of carbonyl (C=O) groups is 1. The van der Waals surface area contributed by atoms with Crippen LogP contribution in [0.5, 0.6) is 0 Å². The number of benzene rings is 1. The summed E-state index contributed by atoms with van der Waals surface area (Å²) in [6.45, 7) is 6.82. The first-order valence-corrected chi connectivity index (χ1v) is 12.3. The van der Waals surface area contributed by atoms with E-state index in [0.29, 0.717) is 22.6 Å². The van der Waals surface area contributed by atoms with Gasteiger partial charge in [0.15, 0.2) is 5.16 Å². The molecule has 1 aliphatic carbocycles. The van der Waals surface area contributed by atoms with Gasteiger partial charge in [0.1, 0.15) is 0 Å². The van der Waals surface area contributed by atoms with E-state index in [1.54, 1.807) is 4.57 Å². The molecule has 2 fully saturated rings. The van der Waals surface area contributed by atoms with Crippen molar-refractivity contribution in [3.8, 4) is 0 Å². The Kier molecular flexibility index (Phi) is 7.63. The van der Waals surface area contributed by atoms with Gasteiger partial charge in [-0.15, -0.1) is 0 Å². The van der Waals surface area contributed by atoms with E-state index < -0.39 is 0 Å². The van der Waals surface area contributed by atoms with Crippen molar-refractivity contribution in [3.63, 3.8) is 0 Å². The molecule has 168 valence electrons. The minimum Gasteiger partial charge on any atom is -0.379 e. The number of nitrogens with zero attached hydrogens (tertiary/aromatic N) is 3. The lowest BCUT2D eigenvalue weighted by Gasteiger charge is -2.26. The van der Waals surface area contributed by atoms with Gasteiger partial charge in [0, 0.05) is 32.2 Å². The summed E-state index contributed by atoms with van der Waals surface area (Å²) in [5.74, 6) is 0.0270. The second kappa shape index (κ2) is 10.6. The van der Waals surface area contributed by atoms with Crippen LogP contribution in [0.25, 0.3) is 10.9 Å². The van der Waals surface area contributed by atoms with Crippen LogP contribution in [-0.2, 0) is 16.1 Å². The quantitative estimate of drug-likeness (QED) is 0.498. The Morgan fingerprint density at radius 3 is 2.74 bits per heavy atom. The van der Waals surface area contributed by atoms with Gasteiger partial charge in [0.2, 0.25) is 5.91 Å². The van der Waals surface area contributed by atoms with E-state index in [4.69, 9.17) is 9.72 Å². The van der Waals surface area contributed by atoms with Gasteiger partial charge in [-0.3, -0.25) is 19.1 Å². The van der Waals surface area contributed by atoms with E-state index in [1.807, 2.05) is 31.2 Å². The molecule has 1 aromatic carbocycles. The highest BCUT2D eigenvalue weighted by atomic mass is 32.2. The van der Waals surface area contributed by atoms with Gasteiger partial charge in [0.25, 0.3) is 5.56 Å². The second-order valence-corrected chi connectivity index (χ2v) is 9.73. The van der Waals surface area contributed by atoms with Crippen molar-refractivity contribution in [3.05, 3.63) is 34.6 Å². The summed E-state index contributed by atoms with van der Waals surface area (Å²) in [5.41, 5.74) is 0.654. The topological polar surface area (TPSA) is 76.5 Å². The van der Waals surface area contributed by atoms with Gasteiger partial charge < -0.3 is 10.1 Å². The maximum Gasteiger partial charge on any atom is 0.262 e. The summed E-state index contributed by atoms with van der Waals surface area (Å²) in [5, 5.41) is 4.11. The Balaban J connectivity index is 1.50. The smallest absolute Gasteiger partial charge is 0.262 e. The van der Waals surface area contributed by atoms with E-state index in [2.05, 4.69) is 10.2 Å². The van der Waals surface area contributed by atoms with Gasteiger partial charge in [-0.25, -0.2) is 4.98 Å². The molecule has 7 nitrogen and oxygen atoms in total. The molecule has 31 heavy (non-hydrogen) atoms. The van der Waals surface area contributed by atoms with Crippen LogP contribution < -0.4 is 10.9 Å². The number of carbonyl (C=O) groups excluding carboxylic acids is 1.